The summed E-state index contributed by atoms with van der Waals surface area (Å²) in [7, 11) is 0. The average molecular weight is 400 g/mol. The van der Waals surface area contributed by atoms with Gasteiger partial charge in [-0.05, 0) is 55.4 Å². The molecule has 0 radical (unpaired) electrons. The molecule has 0 aromatic heterocycles. The molecule has 2 bridgehead atoms. The van der Waals surface area contributed by atoms with E-state index in [2.05, 4.69) is 11.4 Å². The highest BCUT2D eigenvalue weighted by Crippen LogP contribution is 2.56. The number of carbonyl (C=O) groups excluding carboxylic acids is 3. The maximum atomic E-state index is 13.3. The van der Waals surface area contributed by atoms with Gasteiger partial charge in [0.2, 0.25) is 11.8 Å². The molecule has 1 saturated heterocycles. The first kappa shape index (κ1) is 18.8. The number of carbonyl (C=O) groups is 3. The number of rotatable bonds is 4. The van der Waals surface area contributed by atoms with E-state index in [-0.39, 0.29) is 41.4 Å². The van der Waals surface area contributed by atoms with Crippen molar-refractivity contribution in [2.24, 2.45) is 23.7 Å². The van der Waals surface area contributed by atoms with Crippen molar-refractivity contribution < 1.29 is 14.4 Å². The highest BCUT2D eigenvalue weighted by Gasteiger charge is 2.61. The molecule has 5 rings (SSSR count). The van der Waals surface area contributed by atoms with Gasteiger partial charge in [-0.3, -0.25) is 14.4 Å². The molecule has 3 amide bonds. The van der Waals surface area contributed by atoms with Gasteiger partial charge in [0.05, 0.1) is 23.1 Å². The van der Waals surface area contributed by atoms with E-state index in [1.165, 1.54) is 10.5 Å². The van der Waals surface area contributed by atoms with Crippen molar-refractivity contribution in [2.45, 2.75) is 26.7 Å². The zero-order chi connectivity index (χ0) is 21.0. The molecule has 5 heteroatoms. The number of fused-ring (bicyclic) bond motifs is 5. The molecule has 1 N–H and O–H groups in total. The van der Waals surface area contributed by atoms with E-state index >= 15 is 0 Å². The summed E-state index contributed by atoms with van der Waals surface area (Å²) in [5.41, 5.74) is 3.71. The van der Waals surface area contributed by atoms with Gasteiger partial charge in [-0.15, -0.1) is 0 Å². The van der Waals surface area contributed by atoms with Crippen LogP contribution < -0.4 is 10.2 Å². The molecule has 152 valence electrons. The summed E-state index contributed by atoms with van der Waals surface area (Å²) in [5.74, 6) is -0.943. The van der Waals surface area contributed by atoms with Gasteiger partial charge >= 0.3 is 0 Å². The van der Waals surface area contributed by atoms with Crippen LogP contribution in [0.2, 0.25) is 0 Å². The SMILES string of the molecule is CCc1ccccc1NC(=O)c1ccccc1N1C(=O)[C@@H]2[C@@H](C1=O)[C@H]1C=C(C)[C@H]2C1. The molecular weight excluding hydrogens is 376 g/mol. The Hall–Kier alpha value is -3.21. The Morgan fingerprint density at radius 3 is 2.53 bits per heavy atom. The highest BCUT2D eigenvalue weighted by molar-refractivity contribution is 6.25. The smallest absolute Gasteiger partial charge is 0.257 e. The normalized spacial score (nSPS) is 26.7. The van der Waals surface area contributed by atoms with Gasteiger partial charge in [0.15, 0.2) is 0 Å². The summed E-state index contributed by atoms with van der Waals surface area (Å²) in [4.78, 5) is 41.0. The van der Waals surface area contributed by atoms with Crippen LogP contribution in [-0.4, -0.2) is 17.7 Å². The number of anilines is 2. The maximum absolute atomic E-state index is 13.3. The molecule has 1 heterocycles. The summed E-state index contributed by atoms with van der Waals surface area (Å²) in [6, 6.07) is 14.5. The van der Waals surface area contributed by atoms with Gasteiger partial charge in [-0.25, -0.2) is 4.90 Å². The third-order valence-corrected chi connectivity index (χ3v) is 6.92. The van der Waals surface area contributed by atoms with Crippen molar-refractivity contribution in [3.63, 3.8) is 0 Å². The monoisotopic (exact) mass is 400 g/mol. The van der Waals surface area contributed by atoms with Crippen LogP contribution in [0.15, 0.2) is 60.2 Å². The topological polar surface area (TPSA) is 66.5 Å². The quantitative estimate of drug-likeness (QED) is 0.618. The minimum atomic E-state index is -0.318. The number of nitrogens with zero attached hydrogens (tertiary/aromatic N) is 1. The molecule has 0 unspecified atom stereocenters. The number of hydrogen-bond acceptors (Lipinski definition) is 3. The minimum Gasteiger partial charge on any atom is -0.322 e. The number of imide groups is 1. The number of hydrogen-bond donors (Lipinski definition) is 1. The summed E-state index contributed by atoms with van der Waals surface area (Å²) < 4.78 is 0. The fraction of sp³-hybridized carbons (Fsp3) is 0.320. The molecule has 2 fully saturated rings. The first-order valence-electron chi connectivity index (χ1n) is 10.6. The third-order valence-electron chi connectivity index (χ3n) is 6.92. The lowest BCUT2D eigenvalue weighted by molar-refractivity contribution is -0.123. The number of allylic oxidation sites excluding steroid dienone is 2. The van der Waals surface area contributed by atoms with Crippen LogP contribution >= 0.6 is 0 Å². The Morgan fingerprint density at radius 1 is 1.03 bits per heavy atom. The lowest BCUT2D eigenvalue weighted by Gasteiger charge is -2.21. The summed E-state index contributed by atoms with van der Waals surface area (Å²) in [6.45, 7) is 4.08. The van der Waals surface area contributed by atoms with Crippen LogP contribution in [0.25, 0.3) is 0 Å². The molecule has 0 spiro atoms. The van der Waals surface area contributed by atoms with Crippen LogP contribution in [0, 0.1) is 23.7 Å². The second kappa shape index (κ2) is 6.94. The van der Waals surface area contributed by atoms with Crippen molar-refractivity contribution >= 4 is 29.1 Å². The van der Waals surface area contributed by atoms with Crippen molar-refractivity contribution in [1.29, 1.82) is 0 Å². The second-order valence-electron chi connectivity index (χ2n) is 8.46. The van der Waals surface area contributed by atoms with Crippen LogP contribution in [0.1, 0.15) is 36.2 Å². The first-order valence-corrected chi connectivity index (χ1v) is 10.6. The van der Waals surface area contributed by atoms with E-state index in [0.29, 0.717) is 11.3 Å². The van der Waals surface area contributed by atoms with Crippen LogP contribution in [-0.2, 0) is 16.0 Å². The molecule has 2 aromatic rings. The number of benzene rings is 2. The fourth-order valence-electron chi connectivity index (χ4n) is 5.51. The number of para-hydroxylation sites is 2. The Balaban J connectivity index is 1.48. The Labute approximate surface area is 175 Å². The largest absolute Gasteiger partial charge is 0.322 e. The third kappa shape index (κ3) is 2.65. The van der Waals surface area contributed by atoms with Crippen LogP contribution in [0.5, 0.6) is 0 Å². The van der Waals surface area contributed by atoms with E-state index in [0.717, 1.165) is 24.1 Å². The van der Waals surface area contributed by atoms with E-state index in [4.69, 9.17) is 0 Å². The zero-order valence-corrected chi connectivity index (χ0v) is 17.1. The predicted molar refractivity (Wildman–Crippen MR) is 115 cm³/mol. The predicted octanol–water partition coefficient (Wildman–Crippen LogP) is 4.20. The van der Waals surface area contributed by atoms with Crippen molar-refractivity contribution in [2.75, 3.05) is 10.2 Å². The van der Waals surface area contributed by atoms with Crippen molar-refractivity contribution in [3.8, 4) is 0 Å². The van der Waals surface area contributed by atoms with Gasteiger partial charge < -0.3 is 5.32 Å². The molecule has 1 saturated carbocycles. The van der Waals surface area contributed by atoms with Crippen LogP contribution in [0.3, 0.4) is 0 Å². The molecule has 30 heavy (non-hydrogen) atoms. The van der Waals surface area contributed by atoms with E-state index in [9.17, 15) is 14.4 Å². The average Bonchev–Trinajstić information content (AvgIpc) is 3.39. The Bertz CT molecular complexity index is 1100. The standard InChI is InChI=1S/C25H24N2O3/c1-3-15-8-4-6-10-19(15)26-23(28)17-9-5-7-11-20(17)27-24(29)21-16-12-14(2)18(13-16)22(21)25(27)30/h4-12,16,18,21-22H,3,13H2,1-2H3,(H,26,28)/t16-,18+,21-,22-/m0/s1. The Morgan fingerprint density at radius 2 is 1.73 bits per heavy atom. The molecule has 1 aliphatic heterocycles. The number of aryl methyl sites for hydroxylation is 1. The molecule has 2 aliphatic carbocycles. The zero-order valence-electron chi connectivity index (χ0n) is 17.1. The van der Waals surface area contributed by atoms with E-state index in [1.807, 2.05) is 38.1 Å². The fourth-order valence-corrected chi connectivity index (χ4v) is 5.51. The summed E-state index contributed by atoms with van der Waals surface area (Å²) in [5, 5.41) is 2.96. The first-order chi connectivity index (χ1) is 14.5. The number of nitrogens with one attached hydrogen (secondary N) is 1. The van der Waals surface area contributed by atoms with Gasteiger partial charge in [0, 0.05) is 5.69 Å². The minimum absolute atomic E-state index is 0.138. The van der Waals surface area contributed by atoms with Crippen LogP contribution in [0.4, 0.5) is 11.4 Å². The lowest BCUT2D eigenvalue weighted by atomic mass is 9.82. The van der Waals surface area contributed by atoms with Gasteiger partial charge in [0.1, 0.15) is 0 Å². The molecule has 3 aliphatic rings. The van der Waals surface area contributed by atoms with Gasteiger partial charge in [-0.1, -0.05) is 48.9 Å². The van der Waals surface area contributed by atoms with Gasteiger partial charge in [-0.2, -0.15) is 0 Å². The second-order valence-corrected chi connectivity index (χ2v) is 8.46. The maximum Gasteiger partial charge on any atom is 0.257 e. The molecular formula is C25H24N2O3. The summed E-state index contributed by atoms with van der Waals surface area (Å²) >= 11 is 0. The summed E-state index contributed by atoms with van der Waals surface area (Å²) in [6.07, 6.45) is 3.84. The molecule has 5 nitrogen and oxygen atoms in total. The van der Waals surface area contributed by atoms with E-state index in [1.54, 1.807) is 24.3 Å². The number of amides is 3. The molecule has 2 aromatic carbocycles. The Kier molecular flexibility index (Phi) is 4.35. The highest BCUT2D eigenvalue weighted by atomic mass is 16.2. The molecule has 4 atom stereocenters. The van der Waals surface area contributed by atoms with Crippen molar-refractivity contribution in [3.05, 3.63) is 71.3 Å². The van der Waals surface area contributed by atoms with Crippen molar-refractivity contribution in [1.82, 2.24) is 0 Å². The van der Waals surface area contributed by atoms with E-state index < -0.39 is 0 Å². The lowest BCUT2D eigenvalue weighted by Crippen LogP contribution is -2.34. The van der Waals surface area contributed by atoms with Gasteiger partial charge in [0.25, 0.3) is 5.91 Å².